The minimum atomic E-state index is -2.68. The zero-order valence-corrected chi connectivity index (χ0v) is 4.32. The number of hydrogen-bond acceptors (Lipinski definition) is 1. The molecular weight excluding hydrogens is 102 g/mol. The Labute approximate surface area is 57.7 Å². The zero-order chi connectivity index (χ0) is 11.2. The van der Waals surface area contributed by atoms with E-state index in [9.17, 15) is 4.79 Å². The Bertz CT molecular complexity index is 263. The van der Waals surface area contributed by atoms with Gasteiger partial charge in [0.05, 0.1) is 0 Å². The Hall–Kier alpha value is -0.530. The van der Waals surface area contributed by atoms with Gasteiger partial charge in [-0.2, -0.15) is 0 Å². The van der Waals surface area contributed by atoms with Gasteiger partial charge in [-0.25, -0.2) is 0 Å². The molecule has 1 fully saturated rings. The summed E-state index contributed by atoms with van der Waals surface area (Å²) in [7, 11) is 0. The van der Waals surface area contributed by atoms with Gasteiger partial charge >= 0.3 is 0 Å². The summed E-state index contributed by atoms with van der Waals surface area (Å²) in [5, 5.41) is 2.15. The third-order valence-corrected chi connectivity index (χ3v) is 0.800. The molecule has 0 aliphatic carbocycles. The van der Waals surface area contributed by atoms with Crippen LogP contribution in [0.25, 0.3) is 0 Å². The molecule has 0 unspecified atom stereocenters. The van der Waals surface area contributed by atoms with Gasteiger partial charge in [-0.3, -0.25) is 4.79 Å². The van der Waals surface area contributed by atoms with Crippen molar-refractivity contribution >= 4 is 5.91 Å². The minimum absolute atomic E-state index is 0.502. The Balaban J connectivity index is 3.13. The Morgan fingerprint density at radius 2 is 2.38 bits per heavy atom. The maximum Gasteiger partial charge on any atom is 0.219 e. The second kappa shape index (κ2) is 2.70. The lowest BCUT2D eigenvalue weighted by atomic mass is 10.2. The number of rotatable bonds is 0. The first-order valence-corrected chi connectivity index (χ1v) is 2.37. The lowest BCUT2D eigenvalue weighted by Gasteiger charge is -1.93. The molecule has 0 atom stereocenters. The van der Waals surface area contributed by atoms with E-state index in [2.05, 4.69) is 5.32 Å². The van der Waals surface area contributed by atoms with Crippen LogP contribution in [-0.2, 0) is 4.79 Å². The summed E-state index contributed by atoms with van der Waals surface area (Å²) in [6, 6.07) is 0. The van der Waals surface area contributed by atoms with Gasteiger partial charge in [0.15, 0.2) is 0 Å². The fourth-order valence-electron chi connectivity index (χ4n) is 0.436. The number of carbonyl (C=O) groups excluding carboxylic acids is 1. The lowest BCUT2D eigenvalue weighted by molar-refractivity contribution is -0.120. The predicted molar refractivity (Wildman–Crippen MR) is 31.5 cm³/mol. The van der Waals surface area contributed by atoms with Gasteiger partial charge in [-0.05, 0) is 12.7 Å². The van der Waals surface area contributed by atoms with Crippen LogP contribution in [0.15, 0.2) is 0 Å². The molecule has 1 heterocycles. The third-order valence-electron chi connectivity index (χ3n) is 0.800. The molecule has 1 aliphatic heterocycles. The molecule has 2 heteroatoms. The van der Waals surface area contributed by atoms with Gasteiger partial charge in [0, 0.05) is 21.2 Å². The molecular formula is C6H11NO. The van der Waals surface area contributed by atoms with E-state index < -0.39 is 38.0 Å². The van der Waals surface area contributed by atoms with Crippen molar-refractivity contribution < 1.29 is 13.0 Å². The van der Waals surface area contributed by atoms with Crippen LogP contribution in [0.2, 0.25) is 0 Å². The molecule has 8 heavy (non-hydrogen) atoms. The summed E-state index contributed by atoms with van der Waals surface area (Å²) in [5.74, 6) is -0.666. The van der Waals surface area contributed by atoms with Crippen LogP contribution >= 0.6 is 0 Å². The highest BCUT2D eigenvalue weighted by atomic mass is 16.1. The maximum absolute atomic E-state index is 11.0. The monoisotopic (exact) mass is 119 g/mol. The summed E-state index contributed by atoms with van der Waals surface area (Å²) in [4.78, 5) is 11.0. The molecule has 1 aliphatic rings. The van der Waals surface area contributed by atoms with Crippen molar-refractivity contribution in [1.29, 1.82) is 0 Å². The van der Waals surface area contributed by atoms with E-state index in [0.717, 1.165) is 0 Å². The quantitative estimate of drug-likeness (QED) is 0.499. The number of hydrogen-bond donors (Lipinski definition) is 1. The van der Waals surface area contributed by atoms with Gasteiger partial charge in [-0.1, -0.05) is 6.37 Å². The van der Waals surface area contributed by atoms with Crippen LogP contribution in [-0.4, -0.2) is 12.5 Å². The van der Waals surface area contributed by atoms with Crippen molar-refractivity contribution in [3.63, 3.8) is 0 Å². The second-order valence-electron chi connectivity index (χ2n) is 1.43. The number of carbonyl (C=O) groups is 1. The van der Waals surface area contributed by atoms with Crippen LogP contribution in [0.4, 0.5) is 0 Å². The average molecular weight is 119 g/mol. The van der Waals surface area contributed by atoms with Crippen LogP contribution in [0.1, 0.15) is 33.8 Å². The third kappa shape index (κ3) is 1.52. The van der Waals surface area contributed by atoms with E-state index in [0.29, 0.717) is 0 Å². The summed E-state index contributed by atoms with van der Waals surface area (Å²) < 4.78 is 44.2. The number of amides is 1. The summed E-state index contributed by atoms with van der Waals surface area (Å²) in [6.07, 6.45) is -8.22. The molecule has 1 saturated heterocycles. The van der Waals surface area contributed by atoms with Crippen molar-refractivity contribution in [1.82, 2.24) is 5.32 Å². The van der Waals surface area contributed by atoms with Gasteiger partial charge in [0.1, 0.15) is 0 Å². The van der Waals surface area contributed by atoms with Gasteiger partial charge in [-0.15, -0.1) is 0 Å². The van der Waals surface area contributed by atoms with E-state index in [4.69, 9.17) is 8.22 Å². The highest BCUT2D eigenvalue weighted by Gasteiger charge is 2.03. The maximum atomic E-state index is 11.0. The molecule has 0 radical (unpaired) electrons. The van der Waals surface area contributed by atoms with Crippen molar-refractivity contribution in [2.24, 2.45) is 0 Å². The van der Waals surface area contributed by atoms with Crippen LogP contribution in [0.5, 0.6) is 0 Å². The average Bonchev–Trinajstić information content (AvgIpc) is 2.02. The first kappa shape index (κ1) is 1.72. The minimum Gasteiger partial charge on any atom is -0.356 e. The molecule has 1 rings (SSSR count). The molecule has 1 amide bonds. The van der Waals surface area contributed by atoms with Crippen LogP contribution in [0, 0.1) is 0 Å². The molecule has 0 aromatic heterocycles. The molecule has 0 spiro atoms. The topological polar surface area (TPSA) is 29.1 Å². The van der Waals surface area contributed by atoms with Gasteiger partial charge in [0.2, 0.25) is 5.91 Å². The smallest absolute Gasteiger partial charge is 0.219 e. The highest BCUT2D eigenvalue weighted by molar-refractivity contribution is 5.75. The molecule has 46 valence electrons. The molecule has 0 bridgehead atoms. The second-order valence-corrected chi connectivity index (χ2v) is 1.43. The van der Waals surface area contributed by atoms with E-state index >= 15 is 0 Å². The Kier molecular flexibility index (Phi) is 0.581. The lowest BCUT2D eigenvalue weighted by Crippen LogP contribution is -2.21. The first-order valence-electron chi connectivity index (χ1n) is 5.37. The van der Waals surface area contributed by atoms with Crippen molar-refractivity contribution in [2.45, 2.75) is 25.5 Å². The van der Waals surface area contributed by atoms with Crippen LogP contribution in [0.3, 0.4) is 0 Å². The van der Waals surface area contributed by atoms with E-state index in [1.54, 1.807) is 0 Å². The van der Waals surface area contributed by atoms with Gasteiger partial charge < -0.3 is 5.32 Å². The fraction of sp³-hybridized carbons (Fsp3) is 0.833. The zero-order valence-electron chi connectivity index (χ0n) is 10.3. The van der Waals surface area contributed by atoms with Crippen molar-refractivity contribution in [3.05, 3.63) is 0 Å². The Morgan fingerprint density at radius 1 is 1.50 bits per heavy atom. The van der Waals surface area contributed by atoms with Gasteiger partial charge in [0.25, 0.3) is 0 Å². The summed E-state index contributed by atoms with van der Waals surface area (Å²) in [6.45, 7) is -0.502. The predicted octanol–water partition coefficient (Wildman–Crippen LogP) is 0.677. The fourth-order valence-corrected chi connectivity index (χ4v) is 0.436. The molecule has 2 nitrogen and oxygen atoms in total. The van der Waals surface area contributed by atoms with Crippen LogP contribution < -0.4 is 5.32 Å². The van der Waals surface area contributed by atoms with Crippen molar-refractivity contribution in [3.8, 4) is 0 Å². The van der Waals surface area contributed by atoms with E-state index in [1.165, 1.54) is 0 Å². The molecule has 0 saturated carbocycles. The number of nitrogens with one attached hydrogen (secondary N) is 1. The first-order chi connectivity index (χ1) is 6.10. The van der Waals surface area contributed by atoms with Crippen molar-refractivity contribution in [2.75, 3.05) is 6.54 Å². The molecule has 0 aromatic carbocycles. The molecule has 1 N–H and O–H groups in total. The summed E-state index contributed by atoms with van der Waals surface area (Å²) >= 11 is 0. The summed E-state index contributed by atoms with van der Waals surface area (Å²) in [5.41, 5.74) is 0. The van der Waals surface area contributed by atoms with E-state index in [-0.39, 0.29) is 0 Å². The largest absolute Gasteiger partial charge is 0.356 e. The molecule has 0 aromatic rings. The normalized spacial score (nSPS) is 51.8. The van der Waals surface area contributed by atoms with E-state index in [1.807, 2.05) is 0 Å². The highest BCUT2D eigenvalue weighted by Crippen LogP contribution is 2.02. The SMILES string of the molecule is [2H]C1([2H])CNC(=O)CC([2H])([2H])C1([2H])[2H]. The Morgan fingerprint density at radius 3 is 3.25 bits per heavy atom. The standard InChI is InChI=1S/C6H11NO/c8-6-4-2-1-3-5-7-6/h1-5H2,(H,7,8)/i1D2,2D2,3D2.